The highest BCUT2D eigenvalue weighted by molar-refractivity contribution is 4.97. The van der Waals surface area contributed by atoms with Crippen LogP contribution in [0, 0.1) is 5.41 Å². The van der Waals surface area contributed by atoms with Crippen molar-refractivity contribution in [2.45, 2.75) is 44.2 Å². The van der Waals surface area contributed by atoms with E-state index < -0.39 is 0 Å². The number of rotatable bonds is 0. The summed E-state index contributed by atoms with van der Waals surface area (Å²) in [7, 11) is 0. The third-order valence-electron chi connectivity index (χ3n) is 5.07. The molecule has 0 saturated carbocycles. The van der Waals surface area contributed by atoms with Crippen LogP contribution in [0.15, 0.2) is 0 Å². The first-order valence-corrected chi connectivity index (χ1v) is 7.74. The van der Waals surface area contributed by atoms with E-state index >= 15 is 0 Å². The lowest BCUT2D eigenvalue weighted by molar-refractivity contribution is 0.197. The normalized spacial score (nSPS) is 37.3. The standard InChI is InChI=1S/C8H16N2.C6H12N2/c1-2-6-9-8(4-1)5-3-7-10-8;1-2-7-3-6(1)4-8-5-6/h9-10H,1-7H2;7-8H,1-5H2. The maximum absolute atomic E-state index is 3.58. The van der Waals surface area contributed by atoms with Gasteiger partial charge in [0.05, 0.1) is 5.66 Å². The first-order valence-electron chi connectivity index (χ1n) is 7.74. The number of hydrogen-bond donors (Lipinski definition) is 4. The number of hydrogen-bond acceptors (Lipinski definition) is 4. The molecule has 4 aliphatic heterocycles. The Morgan fingerprint density at radius 3 is 1.78 bits per heavy atom. The molecule has 0 aromatic heterocycles. The highest BCUT2D eigenvalue weighted by atomic mass is 15.2. The van der Waals surface area contributed by atoms with E-state index in [4.69, 9.17) is 0 Å². The van der Waals surface area contributed by atoms with Crippen molar-refractivity contribution < 1.29 is 0 Å². The molecular weight excluding hydrogens is 224 g/mol. The third-order valence-corrected chi connectivity index (χ3v) is 5.07. The Labute approximate surface area is 111 Å². The quantitative estimate of drug-likeness (QED) is 0.504. The molecule has 4 heteroatoms. The summed E-state index contributed by atoms with van der Waals surface area (Å²) in [6.07, 6.45) is 8.19. The summed E-state index contributed by atoms with van der Waals surface area (Å²) < 4.78 is 0. The fourth-order valence-corrected chi connectivity index (χ4v) is 3.71. The monoisotopic (exact) mass is 252 g/mol. The molecule has 4 saturated heterocycles. The van der Waals surface area contributed by atoms with Gasteiger partial charge < -0.3 is 10.6 Å². The van der Waals surface area contributed by atoms with E-state index in [9.17, 15) is 0 Å². The van der Waals surface area contributed by atoms with Crippen LogP contribution in [0.2, 0.25) is 0 Å². The van der Waals surface area contributed by atoms with Crippen molar-refractivity contribution >= 4 is 0 Å². The Balaban J connectivity index is 0.000000114. The summed E-state index contributed by atoms with van der Waals surface area (Å²) in [6.45, 7) is 7.42. The van der Waals surface area contributed by atoms with Crippen molar-refractivity contribution in [1.29, 1.82) is 0 Å². The zero-order chi connectivity index (χ0) is 12.3. The average molecular weight is 252 g/mol. The summed E-state index contributed by atoms with van der Waals surface area (Å²) in [5, 5.41) is 13.8. The minimum Gasteiger partial charge on any atom is -0.316 e. The molecule has 2 spiro atoms. The Morgan fingerprint density at radius 2 is 1.33 bits per heavy atom. The largest absolute Gasteiger partial charge is 0.316 e. The van der Waals surface area contributed by atoms with Crippen LogP contribution < -0.4 is 21.3 Å². The van der Waals surface area contributed by atoms with Crippen LogP contribution in [0.4, 0.5) is 0 Å². The van der Waals surface area contributed by atoms with Crippen molar-refractivity contribution in [3.05, 3.63) is 0 Å². The van der Waals surface area contributed by atoms with Crippen LogP contribution in [-0.4, -0.2) is 44.9 Å². The minimum atomic E-state index is 0.373. The van der Waals surface area contributed by atoms with Crippen LogP contribution in [0.1, 0.15) is 38.5 Å². The molecule has 4 aliphatic rings. The van der Waals surface area contributed by atoms with E-state index in [1.165, 1.54) is 77.8 Å². The molecule has 4 rings (SSSR count). The van der Waals surface area contributed by atoms with Gasteiger partial charge in [0.15, 0.2) is 0 Å². The Kier molecular flexibility index (Phi) is 3.89. The molecule has 1 unspecified atom stereocenters. The summed E-state index contributed by atoms with van der Waals surface area (Å²) in [5.41, 5.74) is 1.07. The van der Waals surface area contributed by atoms with Gasteiger partial charge in [0.25, 0.3) is 0 Å². The number of piperidine rings is 1. The molecule has 104 valence electrons. The van der Waals surface area contributed by atoms with Gasteiger partial charge in [-0.15, -0.1) is 0 Å². The molecular formula is C14H28N4. The van der Waals surface area contributed by atoms with Gasteiger partial charge in [0.1, 0.15) is 0 Å². The van der Waals surface area contributed by atoms with E-state index in [1.807, 2.05) is 0 Å². The summed E-state index contributed by atoms with van der Waals surface area (Å²) in [4.78, 5) is 0. The van der Waals surface area contributed by atoms with Crippen LogP contribution >= 0.6 is 0 Å². The predicted molar refractivity (Wildman–Crippen MR) is 74.6 cm³/mol. The second-order valence-corrected chi connectivity index (χ2v) is 6.53. The fourth-order valence-electron chi connectivity index (χ4n) is 3.71. The molecule has 4 heterocycles. The van der Waals surface area contributed by atoms with E-state index in [1.54, 1.807) is 0 Å². The zero-order valence-corrected chi connectivity index (χ0v) is 11.5. The van der Waals surface area contributed by atoms with Crippen LogP contribution in [0.3, 0.4) is 0 Å². The van der Waals surface area contributed by atoms with Crippen molar-refractivity contribution in [3.8, 4) is 0 Å². The van der Waals surface area contributed by atoms with Gasteiger partial charge >= 0.3 is 0 Å². The van der Waals surface area contributed by atoms with E-state index in [0.717, 1.165) is 0 Å². The van der Waals surface area contributed by atoms with Gasteiger partial charge in [0.2, 0.25) is 0 Å². The molecule has 0 aromatic carbocycles. The van der Waals surface area contributed by atoms with E-state index in [2.05, 4.69) is 21.3 Å². The smallest absolute Gasteiger partial charge is 0.0687 e. The van der Waals surface area contributed by atoms with Crippen LogP contribution in [0.25, 0.3) is 0 Å². The third kappa shape index (κ3) is 2.72. The molecule has 0 amide bonds. The van der Waals surface area contributed by atoms with Gasteiger partial charge in [0, 0.05) is 25.0 Å². The lowest BCUT2D eigenvalue weighted by atomic mass is 9.81. The van der Waals surface area contributed by atoms with Gasteiger partial charge in [-0.2, -0.15) is 0 Å². The highest BCUT2D eigenvalue weighted by Crippen LogP contribution is 2.28. The molecule has 4 fully saturated rings. The molecule has 0 radical (unpaired) electrons. The topological polar surface area (TPSA) is 48.1 Å². The molecule has 1 atom stereocenters. The first kappa shape index (κ1) is 12.9. The van der Waals surface area contributed by atoms with E-state index in [0.29, 0.717) is 11.1 Å². The second kappa shape index (κ2) is 5.45. The van der Waals surface area contributed by atoms with Crippen LogP contribution in [-0.2, 0) is 0 Å². The summed E-state index contributed by atoms with van der Waals surface area (Å²) in [5.74, 6) is 0. The van der Waals surface area contributed by atoms with Gasteiger partial charge in [-0.25, -0.2) is 0 Å². The SMILES string of the molecule is C1CC2(CN1)CNC2.C1CCC2(CCCN2)NC1. The average Bonchev–Trinajstić information content (AvgIpc) is 3.00. The maximum Gasteiger partial charge on any atom is 0.0687 e. The number of nitrogens with one attached hydrogen (secondary N) is 4. The highest BCUT2D eigenvalue weighted by Gasteiger charge is 2.39. The van der Waals surface area contributed by atoms with E-state index in [-0.39, 0.29) is 0 Å². The van der Waals surface area contributed by atoms with Crippen LogP contribution in [0.5, 0.6) is 0 Å². The van der Waals surface area contributed by atoms with Crippen molar-refractivity contribution in [2.24, 2.45) is 5.41 Å². The lowest BCUT2D eigenvalue weighted by Gasteiger charge is -2.38. The Morgan fingerprint density at radius 1 is 0.611 bits per heavy atom. The first-order chi connectivity index (χ1) is 8.83. The molecule has 4 N–H and O–H groups in total. The van der Waals surface area contributed by atoms with Crippen molar-refractivity contribution in [2.75, 3.05) is 39.3 Å². The Bertz CT molecular complexity index is 253. The zero-order valence-electron chi connectivity index (χ0n) is 11.5. The van der Waals surface area contributed by atoms with Gasteiger partial charge in [-0.1, -0.05) is 0 Å². The molecule has 0 aliphatic carbocycles. The lowest BCUT2D eigenvalue weighted by Crippen LogP contribution is -2.55. The van der Waals surface area contributed by atoms with Gasteiger partial charge in [-0.05, 0) is 58.2 Å². The Hall–Kier alpha value is -0.160. The fraction of sp³-hybridized carbons (Fsp3) is 1.00. The predicted octanol–water partition coefficient (Wildman–Crippen LogP) is 0.409. The second-order valence-electron chi connectivity index (χ2n) is 6.53. The minimum absolute atomic E-state index is 0.373. The summed E-state index contributed by atoms with van der Waals surface area (Å²) in [6, 6.07) is 0. The summed E-state index contributed by atoms with van der Waals surface area (Å²) >= 11 is 0. The molecule has 0 aromatic rings. The maximum atomic E-state index is 3.58. The molecule has 0 bridgehead atoms. The van der Waals surface area contributed by atoms with Gasteiger partial charge in [-0.3, -0.25) is 10.6 Å². The molecule has 18 heavy (non-hydrogen) atoms. The van der Waals surface area contributed by atoms with Crippen molar-refractivity contribution in [3.63, 3.8) is 0 Å². The molecule has 4 nitrogen and oxygen atoms in total. The van der Waals surface area contributed by atoms with Crippen molar-refractivity contribution in [1.82, 2.24) is 21.3 Å².